The van der Waals surface area contributed by atoms with Gasteiger partial charge < -0.3 is 14.6 Å². The fourth-order valence-electron chi connectivity index (χ4n) is 2.75. The second kappa shape index (κ2) is 7.68. The molecule has 1 amide bonds. The summed E-state index contributed by atoms with van der Waals surface area (Å²) in [6.45, 7) is 6.78. The van der Waals surface area contributed by atoms with Crippen LogP contribution in [-0.4, -0.2) is 48.5 Å². The molecule has 24 heavy (non-hydrogen) atoms. The van der Waals surface area contributed by atoms with Crippen LogP contribution in [0.2, 0.25) is 5.02 Å². The van der Waals surface area contributed by atoms with E-state index in [1.54, 1.807) is 0 Å². The van der Waals surface area contributed by atoms with Crippen molar-refractivity contribution < 1.29 is 9.21 Å². The Kier molecular flexibility index (Phi) is 5.37. The normalized spacial score (nSPS) is 15.5. The summed E-state index contributed by atoms with van der Waals surface area (Å²) in [5.74, 6) is 0.385. The fraction of sp³-hybridized carbons (Fsp3) is 0.412. The third kappa shape index (κ3) is 4.07. The number of hydrogen-bond donors (Lipinski definition) is 1. The Morgan fingerprint density at radius 3 is 2.62 bits per heavy atom. The van der Waals surface area contributed by atoms with Gasteiger partial charge in [0.25, 0.3) is 5.91 Å². The van der Waals surface area contributed by atoms with Gasteiger partial charge in [-0.3, -0.25) is 9.69 Å². The molecule has 1 aliphatic rings. The predicted octanol–water partition coefficient (Wildman–Crippen LogP) is 2.40. The standard InChI is InChI=1S/C17H21ClN4O2/c1-2-19-17(23)15-12-24-16(20-15)11-21-7-9-22(10-8-21)14-5-3-13(18)4-6-14/h3-6,12H,2,7-11H2,1H3,(H,19,23). The van der Waals surface area contributed by atoms with E-state index in [0.29, 0.717) is 24.7 Å². The number of nitrogens with one attached hydrogen (secondary N) is 1. The van der Waals surface area contributed by atoms with Crippen molar-refractivity contribution >= 4 is 23.2 Å². The largest absolute Gasteiger partial charge is 0.447 e. The molecule has 0 aliphatic carbocycles. The molecule has 1 aliphatic heterocycles. The molecule has 1 fully saturated rings. The first-order chi connectivity index (χ1) is 11.7. The highest BCUT2D eigenvalue weighted by molar-refractivity contribution is 6.30. The molecule has 0 bridgehead atoms. The monoisotopic (exact) mass is 348 g/mol. The van der Waals surface area contributed by atoms with Crippen molar-refractivity contribution in [2.75, 3.05) is 37.6 Å². The highest BCUT2D eigenvalue weighted by Gasteiger charge is 2.20. The summed E-state index contributed by atoms with van der Waals surface area (Å²) in [4.78, 5) is 20.6. The van der Waals surface area contributed by atoms with Gasteiger partial charge >= 0.3 is 0 Å². The Hall–Kier alpha value is -2.05. The van der Waals surface area contributed by atoms with E-state index in [0.717, 1.165) is 31.2 Å². The molecular weight excluding hydrogens is 328 g/mol. The maximum atomic E-state index is 11.7. The van der Waals surface area contributed by atoms with Gasteiger partial charge in [-0.15, -0.1) is 0 Å². The number of amides is 1. The van der Waals surface area contributed by atoms with Gasteiger partial charge in [0.05, 0.1) is 6.54 Å². The minimum atomic E-state index is -0.194. The van der Waals surface area contributed by atoms with Crippen molar-refractivity contribution in [1.82, 2.24) is 15.2 Å². The molecule has 0 spiro atoms. The van der Waals surface area contributed by atoms with Crippen molar-refractivity contribution in [3.8, 4) is 0 Å². The minimum Gasteiger partial charge on any atom is -0.447 e. The van der Waals surface area contributed by atoms with Gasteiger partial charge in [-0.05, 0) is 31.2 Å². The third-order valence-electron chi connectivity index (χ3n) is 4.04. The molecule has 1 aromatic carbocycles. The number of nitrogens with zero attached hydrogens (tertiary/aromatic N) is 3. The fourth-order valence-corrected chi connectivity index (χ4v) is 2.87. The molecule has 0 saturated carbocycles. The maximum absolute atomic E-state index is 11.7. The van der Waals surface area contributed by atoms with E-state index in [1.165, 1.54) is 12.0 Å². The summed E-state index contributed by atoms with van der Waals surface area (Å²) in [5, 5.41) is 3.47. The number of carbonyl (C=O) groups excluding carboxylic acids is 1. The molecule has 1 saturated heterocycles. The number of hydrogen-bond acceptors (Lipinski definition) is 5. The minimum absolute atomic E-state index is 0.194. The molecule has 2 aromatic rings. The molecule has 7 heteroatoms. The van der Waals surface area contributed by atoms with Crippen LogP contribution in [0.3, 0.4) is 0 Å². The van der Waals surface area contributed by atoms with E-state index < -0.39 is 0 Å². The summed E-state index contributed by atoms with van der Waals surface area (Å²) in [6.07, 6.45) is 1.42. The molecule has 6 nitrogen and oxygen atoms in total. The zero-order chi connectivity index (χ0) is 16.9. The summed E-state index contributed by atoms with van der Waals surface area (Å²) >= 11 is 5.94. The number of aromatic nitrogens is 1. The highest BCUT2D eigenvalue weighted by Crippen LogP contribution is 2.20. The SMILES string of the molecule is CCNC(=O)c1coc(CN2CCN(c3ccc(Cl)cc3)CC2)n1. The van der Waals surface area contributed by atoms with Crippen LogP contribution in [0.5, 0.6) is 0 Å². The average Bonchev–Trinajstić information content (AvgIpc) is 3.05. The zero-order valence-electron chi connectivity index (χ0n) is 13.7. The highest BCUT2D eigenvalue weighted by atomic mass is 35.5. The van der Waals surface area contributed by atoms with Gasteiger partial charge in [-0.25, -0.2) is 4.98 Å². The van der Waals surface area contributed by atoms with E-state index in [9.17, 15) is 4.79 Å². The Bertz CT molecular complexity index is 678. The van der Waals surface area contributed by atoms with E-state index in [2.05, 4.69) is 20.1 Å². The van der Waals surface area contributed by atoms with Crippen molar-refractivity contribution in [1.29, 1.82) is 0 Å². The van der Waals surface area contributed by atoms with Crippen molar-refractivity contribution in [3.05, 3.63) is 47.1 Å². The third-order valence-corrected chi connectivity index (χ3v) is 4.30. The lowest BCUT2D eigenvalue weighted by molar-refractivity contribution is 0.0950. The van der Waals surface area contributed by atoms with Gasteiger partial charge in [-0.1, -0.05) is 11.6 Å². The van der Waals surface area contributed by atoms with Gasteiger partial charge in [-0.2, -0.15) is 0 Å². The lowest BCUT2D eigenvalue weighted by Crippen LogP contribution is -2.46. The van der Waals surface area contributed by atoms with E-state index >= 15 is 0 Å². The Labute approximate surface area is 146 Å². The second-order valence-corrected chi connectivity index (χ2v) is 6.16. The van der Waals surface area contributed by atoms with Crippen LogP contribution < -0.4 is 10.2 Å². The number of anilines is 1. The van der Waals surface area contributed by atoms with E-state index in [4.69, 9.17) is 16.0 Å². The summed E-state index contributed by atoms with van der Waals surface area (Å²) in [5.41, 5.74) is 1.53. The van der Waals surface area contributed by atoms with Gasteiger partial charge in [0.1, 0.15) is 6.26 Å². The summed E-state index contributed by atoms with van der Waals surface area (Å²) in [6, 6.07) is 7.92. The number of carbonyl (C=O) groups is 1. The number of piperazine rings is 1. The maximum Gasteiger partial charge on any atom is 0.273 e. The number of oxazole rings is 1. The van der Waals surface area contributed by atoms with E-state index in [1.807, 2.05) is 31.2 Å². The van der Waals surface area contributed by atoms with Crippen LogP contribution in [0.1, 0.15) is 23.3 Å². The molecule has 128 valence electrons. The Balaban J connectivity index is 1.52. The number of benzene rings is 1. The van der Waals surface area contributed by atoms with Crippen LogP contribution >= 0.6 is 11.6 Å². The quantitative estimate of drug-likeness (QED) is 0.899. The lowest BCUT2D eigenvalue weighted by Gasteiger charge is -2.35. The molecule has 0 radical (unpaired) electrons. The first kappa shape index (κ1) is 16.8. The first-order valence-electron chi connectivity index (χ1n) is 8.11. The smallest absolute Gasteiger partial charge is 0.273 e. The van der Waals surface area contributed by atoms with Crippen molar-refractivity contribution in [2.24, 2.45) is 0 Å². The van der Waals surface area contributed by atoms with Crippen LogP contribution in [0, 0.1) is 0 Å². The van der Waals surface area contributed by atoms with Crippen molar-refractivity contribution in [2.45, 2.75) is 13.5 Å². The molecule has 3 rings (SSSR count). The molecule has 1 aromatic heterocycles. The average molecular weight is 349 g/mol. The lowest BCUT2D eigenvalue weighted by atomic mass is 10.2. The van der Waals surface area contributed by atoms with Gasteiger partial charge in [0.15, 0.2) is 5.69 Å². The van der Waals surface area contributed by atoms with Crippen LogP contribution in [0.15, 0.2) is 34.9 Å². The topological polar surface area (TPSA) is 61.6 Å². The number of halogens is 1. The van der Waals surface area contributed by atoms with Crippen LogP contribution in [0.25, 0.3) is 0 Å². The van der Waals surface area contributed by atoms with Crippen LogP contribution in [0.4, 0.5) is 5.69 Å². The molecule has 0 atom stereocenters. The number of rotatable bonds is 5. The zero-order valence-corrected chi connectivity index (χ0v) is 14.4. The molecule has 2 heterocycles. The summed E-state index contributed by atoms with van der Waals surface area (Å²) < 4.78 is 5.42. The van der Waals surface area contributed by atoms with Crippen molar-refractivity contribution in [3.63, 3.8) is 0 Å². The van der Waals surface area contributed by atoms with Crippen LogP contribution in [-0.2, 0) is 6.54 Å². The predicted molar refractivity (Wildman–Crippen MR) is 93.5 cm³/mol. The molecule has 0 unspecified atom stereocenters. The second-order valence-electron chi connectivity index (χ2n) is 5.73. The molecular formula is C17H21ClN4O2. The molecule has 1 N–H and O–H groups in total. The Morgan fingerprint density at radius 2 is 1.96 bits per heavy atom. The van der Waals surface area contributed by atoms with Gasteiger partial charge in [0.2, 0.25) is 5.89 Å². The van der Waals surface area contributed by atoms with Gasteiger partial charge in [0, 0.05) is 43.4 Å². The van der Waals surface area contributed by atoms with E-state index in [-0.39, 0.29) is 5.91 Å². The first-order valence-corrected chi connectivity index (χ1v) is 8.49. The Morgan fingerprint density at radius 1 is 1.25 bits per heavy atom. The summed E-state index contributed by atoms with van der Waals surface area (Å²) in [7, 11) is 0.